The Bertz CT molecular complexity index is 722. The van der Waals surface area contributed by atoms with Crippen LogP contribution in [-0.2, 0) is 9.53 Å². The summed E-state index contributed by atoms with van der Waals surface area (Å²) < 4.78 is 5.10. The minimum absolute atomic E-state index is 0.0936. The normalized spacial score (nSPS) is 23.5. The number of amides is 1. The highest BCUT2D eigenvalue weighted by molar-refractivity contribution is 6.31. The molecular weight excluding hydrogens is 424 g/mol. The molecule has 7 heteroatoms. The van der Waals surface area contributed by atoms with Crippen molar-refractivity contribution in [1.82, 2.24) is 20.4 Å². The number of hydrogen-bond donors (Lipinski definition) is 2. The van der Waals surface area contributed by atoms with Crippen molar-refractivity contribution in [3.63, 3.8) is 0 Å². The predicted molar refractivity (Wildman–Crippen MR) is 132 cm³/mol. The largest absolute Gasteiger partial charge is 0.383 e. The number of carbonyl (C=O) groups is 1. The van der Waals surface area contributed by atoms with Crippen molar-refractivity contribution >= 4 is 23.6 Å². The van der Waals surface area contributed by atoms with Gasteiger partial charge in [-0.05, 0) is 57.0 Å². The van der Waals surface area contributed by atoms with Gasteiger partial charge in [-0.25, -0.2) is 0 Å². The molecule has 2 heterocycles. The Morgan fingerprint density at radius 3 is 2.69 bits per heavy atom. The van der Waals surface area contributed by atoms with E-state index in [1.54, 1.807) is 7.11 Å². The Kier molecular flexibility index (Phi) is 10.5. The molecule has 2 fully saturated rings. The van der Waals surface area contributed by atoms with Gasteiger partial charge in [0, 0.05) is 43.9 Å². The summed E-state index contributed by atoms with van der Waals surface area (Å²) in [4.78, 5) is 18.0. The number of halogens is 1. The first-order chi connectivity index (χ1) is 15.6. The smallest absolute Gasteiger partial charge is 0.237 e. The zero-order valence-electron chi connectivity index (χ0n) is 19.6. The molecule has 0 saturated carbocycles. The molecule has 32 heavy (non-hydrogen) atoms. The Labute approximate surface area is 198 Å². The van der Waals surface area contributed by atoms with Crippen molar-refractivity contribution in [2.75, 3.05) is 53.0 Å². The number of methoxy groups -OCH3 is 1. The number of likely N-dealkylation sites (tertiary alicyclic amines) is 2. The number of carbonyl (C=O) groups excluding carboxylic acids is 1. The van der Waals surface area contributed by atoms with E-state index in [2.05, 4.69) is 27.4 Å². The summed E-state index contributed by atoms with van der Waals surface area (Å²) in [6.07, 6.45) is 6.26. The molecule has 0 radical (unpaired) electrons. The van der Waals surface area contributed by atoms with E-state index in [1.165, 1.54) is 13.0 Å². The van der Waals surface area contributed by atoms with Crippen LogP contribution in [0.5, 0.6) is 0 Å². The predicted octanol–water partition coefficient (Wildman–Crippen LogP) is 2.94. The maximum Gasteiger partial charge on any atom is 0.237 e. The Morgan fingerprint density at radius 1 is 1.25 bits per heavy atom. The van der Waals surface area contributed by atoms with Gasteiger partial charge in [0.05, 0.1) is 12.6 Å². The van der Waals surface area contributed by atoms with E-state index in [1.807, 2.05) is 36.4 Å². The summed E-state index contributed by atoms with van der Waals surface area (Å²) in [5.41, 5.74) is 1.10. The first-order valence-corrected chi connectivity index (χ1v) is 12.4. The Morgan fingerprint density at radius 2 is 2.00 bits per heavy atom. The molecule has 0 aromatic heterocycles. The molecule has 178 valence electrons. The molecule has 2 saturated heterocycles. The molecule has 0 aliphatic carbocycles. The monoisotopic (exact) mass is 462 g/mol. The second-order valence-corrected chi connectivity index (χ2v) is 9.37. The average Bonchev–Trinajstić information content (AvgIpc) is 3.24. The van der Waals surface area contributed by atoms with Crippen molar-refractivity contribution < 1.29 is 9.53 Å². The molecule has 6 nitrogen and oxygen atoms in total. The summed E-state index contributed by atoms with van der Waals surface area (Å²) in [5, 5.41) is 7.44. The summed E-state index contributed by atoms with van der Waals surface area (Å²) in [6.45, 7) is 8.24. The highest BCUT2D eigenvalue weighted by atomic mass is 35.5. The first-order valence-electron chi connectivity index (χ1n) is 12.0. The van der Waals surface area contributed by atoms with Gasteiger partial charge in [0.25, 0.3) is 0 Å². The van der Waals surface area contributed by atoms with E-state index < -0.39 is 0 Å². The molecule has 0 spiro atoms. The SMILES string of the molecule is CCCN1CCC(N2C[C@H](NCC(Cl)=Cc3ccccc3)C[C@H]2C(=O)NCCOC)CC1. The molecule has 0 bridgehead atoms. The highest BCUT2D eigenvalue weighted by Crippen LogP contribution is 2.27. The number of rotatable bonds is 11. The maximum atomic E-state index is 13.0. The number of hydrogen-bond acceptors (Lipinski definition) is 5. The van der Waals surface area contributed by atoms with Crippen LogP contribution in [0, 0.1) is 0 Å². The quantitative estimate of drug-likeness (QED) is 0.495. The lowest BCUT2D eigenvalue weighted by atomic mass is 10.0. The third-order valence-electron chi connectivity index (χ3n) is 6.50. The number of piperidine rings is 1. The average molecular weight is 463 g/mol. The summed E-state index contributed by atoms with van der Waals surface area (Å²) in [6, 6.07) is 10.7. The lowest BCUT2D eigenvalue weighted by molar-refractivity contribution is -0.126. The third kappa shape index (κ3) is 7.56. The van der Waals surface area contributed by atoms with Gasteiger partial charge in [0.1, 0.15) is 0 Å². The fourth-order valence-electron chi connectivity index (χ4n) is 4.88. The summed E-state index contributed by atoms with van der Waals surface area (Å²) in [7, 11) is 1.66. The zero-order chi connectivity index (χ0) is 22.8. The van der Waals surface area contributed by atoms with Gasteiger partial charge < -0.3 is 20.3 Å². The van der Waals surface area contributed by atoms with Crippen LogP contribution >= 0.6 is 11.6 Å². The van der Waals surface area contributed by atoms with Crippen LogP contribution in [0.1, 0.15) is 38.2 Å². The van der Waals surface area contributed by atoms with E-state index in [0.29, 0.717) is 25.7 Å². The lowest BCUT2D eigenvalue weighted by Crippen LogP contribution is -2.51. The number of ether oxygens (including phenoxy) is 1. The van der Waals surface area contributed by atoms with Crippen LogP contribution < -0.4 is 10.6 Å². The van der Waals surface area contributed by atoms with E-state index in [0.717, 1.165) is 49.5 Å². The number of nitrogens with one attached hydrogen (secondary N) is 2. The van der Waals surface area contributed by atoms with Gasteiger partial charge in [-0.2, -0.15) is 0 Å². The van der Waals surface area contributed by atoms with Crippen molar-refractivity contribution in [2.24, 2.45) is 0 Å². The minimum atomic E-state index is -0.0936. The molecule has 2 aliphatic heterocycles. The van der Waals surface area contributed by atoms with Gasteiger partial charge in [0.15, 0.2) is 0 Å². The molecule has 2 N–H and O–H groups in total. The van der Waals surface area contributed by atoms with Gasteiger partial charge >= 0.3 is 0 Å². The molecule has 2 aliphatic rings. The van der Waals surface area contributed by atoms with Crippen LogP contribution in [-0.4, -0.2) is 86.8 Å². The number of benzene rings is 1. The second kappa shape index (κ2) is 13.3. The summed E-state index contributed by atoms with van der Waals surface area (Å²) in [5.74, 6) is 0.119. The summed E-state index contributed by atoms with van der Waals surface area (Å²) >= 11 is 6.49. The van der Waals surface area contributed by atoms with Crippen LogP contribution in [0.15, 0.2) is 35.4 Å². The molecule has 0 unspecified atom stereocenters. The van der Waals surface area contributed by atoms with Gasteiger partial charge in [-0.3, -0.25) is 9.69 Å². The lowest BCUT2D eigenvalue weighted by Gasteiger charge is -2.39. The van der Waals surface area contributed by atoms with Crippen molar-refractivity contribution in [2.45, 2.75) is 50.7 Å². The molecule has 3 rings (SSSR count). The van der Waals surface area contributed by atoms with Crippen molar-refractivity contribution in [1.29, 1.82) is 0 Å². The van der Waals surface area contributed by atoms with E-state index in [9.17, 15) is 4.79 Å². The van der Waals surface area contributed by atoms with Crippen LogP contribution in [0.3, 0.4) is 0 Å². The number of nitrogens with zero attached hydrogens (tertiary/aromatic N) is 2. The Hall–Kier alpha value is -1.44. The first kappa shape index (κ1) is 25.2. The topological polar surface area (TPSA) is 56.8 Å². The maximum absolute atomic E-state index is 13.0. The van der Waals surface area contributed by atoms with E-state index >= 15 is 0 Å². The van der Waals surface area contributed by atoms with Crippen LogP contribution in [0.2, 0.25) is 0 Å². The highest BCUT2D eigenvalue weighted by Gasteiger charge is 2.40. The molecule has 2 atom stereocenters. The molecule has 1 amide bonds. The fraction of sp³-hybridized carbons (Fsp3) is 0.640. The zero-order valence-corrected chi connectivity index (χ0v) is 20.3. The third-order valence-corrected chi connectivity index (χ3v) is 6.74. The standard InChI is InChI=1S/C25H39ClN4O2/c1-3-12-29-13-9-23(10-14-29)30-19-22(17-24(30)25(31)27-11-15-32-2)28-18-21(26)16-20-7-5-4-6-8-20/h4-8,16,22-24,28H,3,9-15,17-19H2,1-2H3,(H,27,31)/t22-,24+/m1/s1. The van der Waals surface area contributed by atoms with Crippen molar-refractivity contribution in [3.8, 4) is 0 Å². The van der Waals surface area contributed by atoms with Gasteiger partial charge in [-0.1, -0.05) is 48.9 Å². The fourth-order valence-corrected chi connectivity index (χ4v) is 5.08. The van der Waals surface area contributed by atoms with Crippen LogP contribution in [0.25, 0.3) is 6.08 Å². The van der Waals surface area contributed by atoms with Gasteiger partial charge in [-0.15, -0.1) is 0 Å². The van der Waals surface area contributed by atoms with Crippen molar-refractivity contribution in [3.05, 3.63) is 40.9 Å². The van der Waals surface area contributed by atoms with E-state index in [4.69, 9.17) is 16.3 Å². The van der Waals surface area contributed by atoms with Gasteiger partial charge in [0.2, 0.25) is 5.91 Å². The van der Waals surface area contributed by atoms with Crippen LogP contribution in [0.4, 0.5) is 0 Å². The molecular formula is C25H39ClN4O2. The molecule has 1 aromatic carbocycles. The minimum Gasteiger partial charge on any atom is -0.383 e. The Balaban J connectivity index is 1.58. The second-order valence-electron chi connectivity index (χ2n) is 8.88. The molecule has 1 aromatic rings. The van der Waals surface area contributed by atoms with E-state index in [-0.39, 0.29) is 18.0 Å².